The van der Waals surface area contributed by atoms with E-state index in [-0.39, 0.29) is 24.3 Å². The minimum atomic E-state index is -0.545. The van der Waals surface area contributed by atoms with E-state index >= 15 is 0 Å². The van der Waals surface area contributed by atoms with Crippen molar-refractivity contribution in [3.05, 3.63) is 0 Å². The lowest BCUT2D eigenvalue weighted by molar-refractivity contribution is -0.144. The predicted molar refractivity (Wildman–Crippen MR) is 142 cm³/mol. The fraction of sp³-hybridized carbons (Fsp3) is 0.826. The molecule has 1 amide bonds. The third kappa shape index (κ3) is 9.55. The monoisotopic (exact) mass is 519 g/mol. The van der Waals surface area contributed by atoms with Gasteiger partial charge >= 0.3 is 5.97 Å². The van der Waals surface area contributed by atoms with Gasteiger partial charge in [-0.1, -0.05) is 43.7 Å². The van der Waals surface area contributed by atoms with Crippen LogP contribution in [0, 0.1) is 5.92 Å². The number of amides is 1. The van der Waals surface area contributed by atoms with E-state index in [0.717, 1.165) is 47.1 Å². The van der Waals surface area contributed by atoms with E-state index in [1.54, 1.807) is 11.8 Å². The first kappa shape index (κ1) is 28.0. The quantitative estimate of drug-likeness (QED) is 0.186. The van der Waals surface area contributed by atoms with Crippen LogP contribution in [-0.2, 0) is 19.1 Å². The molecule has 0 aromatic rings. The second-order valence-electron chi connectivity index (χ2n) is 8.97. The van der Waals surface area contributed by atoms with Crippen LogP contribution in [-0.4, -0.2) is 55.3 Å². The van der Waals surface area contributed by atoms with Crippen molar-refractivity contribution in [3.8, 4) is 0 Å². The molecule has 0 saturated carbocycles. The van der Waals surface area contributed by atoms with E-state index in [1.165, 1.54) is 11.8 Å². The highest BCUT2D eigenvalue weighted by atomic mass is 32.2. The van der Waals surface area contributed by atoms with Crippen LogP contribution in [0.15, 0.2) is 0 Å². The number of carbonyl (C=O) groups excluding carboxylic acids is 3. The Morgan fingerprint density at radius 2 is 2.00 bits per heavy atom. The third-order valence-electron chi connectivity index (χ3n) is 5.91. The molecule has 9 heteroatoms. The van der Waals surface area contributed by atoms with Gasteiger partial charge < -0.3 is 10.1 Å². The molecule has 0 unspecified atom stereocenters. The SMILES string of the molecule is CCCCSC(=S)SC(C)(C)C(=O)CCCOC(=O)CCCC[C@@H]1SC[C@@H]2NC(=O)C[C@@H]21. The second-order valence-corrected chi connectivity index (χ2v) is 14.2. The van der Waals surface area contributed by atoms with Crippen molar-refractivity contribution in [3.63, 3.8) is 0 Å². The van der Waals surface area contributed by atoms with Crippen molar-refractivity contribution in [2.45, 2.75) is 94.6 Å². The fourth-order valence-corrected chi connectivity index (χ4v) is 8.80. The predicted octanol–water partition coefficient (Wildman–Crippen LogP) is 5.39. The van der Waals surface area contributed by atoms with Gasteiger partial charge in [-0.15, -0.1) is 11.8 Å². The molecule has 182 valence electrons. The zero-order valence-electron chi connectivity index (χ0n) is 19.5. The first-order chi connectivity index (χ1) is 15.2. The van der Waals surface area contributed by atoms with Gasteiger partial charge in [-0.2, -0.15) is 11.8 Å². The highest BCUT2D eigenvalue weighted by Crippen LogP contribution is 2.40. The summed E-state index contributed by atoms with van der Waals surface area (Å²) in [6.07, 6.45) is 7.12. The Morgan fingerprint density at radius 3 is 2.75 bits per heavy atom. The largest absolute Gasteiger partial charge is 0.466 e. The van der Waals surface area contributed by atoms with Gasteiger partial charge in [0.1, 0.15) is 9.31 Å². The van der Waals surface area contributed by atoms with Gasteiger partial charge in [-0.3, -0.25) is 14.4 Å². The van der Waals surface area contributed by atoms with Crippen LogP contribution < -0.4 is 5.32 Å². The van der Waals surface area contributed by atoms with Crippen molar-refractivity contribution in [1.29, 1.82) is 0 Å². The van der Waals surface area contributed by atoms with Crippen molar-refractivity contribution in [1.82, 2.24) is 5.32 Å². The highest BCUT2D eigenvalue weighted by molar-refractivity contribution is 8.47. The molecule has 1 N–H and O–H groups in total. The van der Waals surface area contributed by atoms with Gasteiger partial charge in [0.15, 0.2) is 0 Å². The molecule has 2 aliphatic rings. The lowest BCUT2D eigenvalue weighted by Gasteiger charge is -2.22. The van der Waals surface area contributed by atoms with Gasteiger partial charge in [-0.05, 0) is 45.3 Å². The van der Waals surface area contributed by atoms with E-state index in [0.29, 0.717) is 42.9 Å². The normalized spacial score (nSPS) is 22.5. The summed E-state index contributed by atoms with van der Waals surface area (Å²) in [6, 6.07) is 0.351. The van der Waals surface area contributed by atoms with Gasteiger partial charge in [0.05, 0.1) is 11.4 Å². The molecule has 0 bridgehead atoms. The number of esters is 1. The average molecular weight is 520 g/mol. The average Bonchev–Trinajstić information content (AvgIpc) is 3.27. The number of hydrogen-bond acceptors (Lipinski definition) is 8. The molecular weight excluding hydrogens is 483 g/mol. The number of Topliss-reactive ketones (excluding diaryl/α,β-unsaturated/α-hetero) is 1. The van der Waals surface area contributed by atoms with Gasteiger partial charge in [0.2, 0.25) is 5.91 Å². The Labute approximate surface area is 211 Å². The number of rotatable bonds is 14. The van der Waals surface area contributed by atoms with Gasteiger partial charge in [-0.25, -0.2) is 0 Å². The maximum absolute atomic E-state index is 12.6. The smallest absolute Gasteiger partial charge is 0.305 e. The third-order valence-corrected chi connectivity index (χ3v) is 10.3. The molecule has 2 heterocycles. The molecule has 0 spiro atoms. The molecule has 2 rings (SSSR count). The zero-order chi connectivity index (χ0) is 23.6. The van der Waals surface area contributed by atoms with E-state index < -0.39 is 4.75 Å². The number of carbonyl (C=O) groups is 3. The first-order valence-electron chi connectivity index (χ1n) is 11.7. The molecule has 0 radical (unpaired) electrons. The lowest BCUT2D eigenvalue weighted by atomic mass is 9.94. The van der Waals surface area contributed by atoms with Crippen LogP contribution in [0.25, 0.3) is 0 Å². The summed E-state index contributed by atoms with van der Waals surface area (Å²) in [5.41, 5.74) is 0. The summed E-state index contributed by atoms with van der Waals surface area (Å²) < 4.78 is 5.60. The summed E-state index contributed by atoms with van der Waals surface area (Å²) in [5, 5.41) is 3.58. The lowest BCUT2D eigenvalue weighted by Crippen LogP contribution is -2.29. The van der Waals surface area contributed by atoms with Crippen LogP contribution in [0.1, 0.15) is 78.6 Å². The number of thiocarbonyl (C=S) groups is 1. The van der Waals surface area contributed by atoms with Crippen LogP contribution in [0.3, 0.4) is 0 Å². The first-order valence-corrected chi connectivity index (χ1v) is 14.9. The standard InChI is InChI=1S/C23H37NO4S4/c1-4-5-13-30-22(29)32-23(2,3)19(25)10-8-12-28-21(27)11-7-6-9-18-16-14-20(26)24-17(16)15-31-18/h16-18H,4-15H2,1-3H3,(H,24,26)/t16-,17-,18-/m0/s1. The molecule has 2 aliphatic heterocycles. The number of nitrogens with one attached hydrogen (secondary N) is 1. The van der Waals surface area contributed by atoms with E-state index in [2.05, 4.69) is 12.2 Å². The minimum absolute atomic E-state index is 0.143. The Balaban J connectivity index is 1.51. The van der Waals surface area contributed by atoms with Crippen molar-refractivity contribution in [2.75, 3.05) is 18.1 Å². The topological polar surface area (TPSA) is 72.5 Å². The molecule has 5 nitrogen and oxygen atoms in total. The summed E-state index contributed by atoms with van der Waals surface area (Å²) in [6.45, 7) is 6.28. The van der Waals surface area contributed by atoms with Gasteiger partial charge in [0.25, 0.3) is 0 Å². The van der Waals surface area contributed by atoms with Crippen LogP contribution >= 0.6 is 47.5 Å². The maximum atomic E-state index is 12.6. The second kappa shape index (κ2) is 14.2. The minimum Gasteiger partial charge on any atom is -0.466 e. The molecule has 2 saturated heterocycles. The number of thioether (sulfide) groups is 3. The van der Waals surface area contributed by atoms with Crippen LogP contribution in [0.4, 0.5) is 0 Å². The van der Waals surface area contributed by atoms with E-state index in [1.807, 2.05) is 25.6 Å². The molecule has 2 fully saturated rings. The van der Waals surface area contributed by atoms with E-state index in [4.69, 9.17) is 17.0 Å². The number of hydrogen-bond donors (Lipinski definition) is 1. The van der Waals surface area contributed by atoms with Crippen molar-refractivity contribution >= 4 is 68.7 Å². The Bertz CT molecular complexity index is 670. The summed E-state index contributed by atoms with van der Waals surface area (Å²) in [5.74, 6) is 2.62. The Hall–Kier alpha value is -0.250. The number of ether oxygens (including phenoxy) is 1. The molecule has 0 aromatic heterocycles. The van der Waals surface area contributed by atoms with Gasteiger partial charge in [0, 0.05) is 42.2 Å². The number of fused-ring (bicyclic) bond motifs is 1. The fourth-order valence-electron chi connectivity index (χ4n) is 3.93. The van der Waals surface area contributed by atoms with E-state index in [9.17, 15) is 14.4 Å². The highest BCUT2D eigenvalue weighted by Gasteiger charge is 2.42. The van der Waals surface area contributed by atoms with Crippen molar-refractivity contribution < 1.29 is 19.1 Å². The molecule has 3 atom stereocenters. The summed E-state index contributed by atoms with van der Waals surface area (Å²) in [4.78, 5) is 36.1. The molecule has 32 heavy (non-hydrogen) atoms. The maximum Gasteiger partial charge on any atom is 0.305 e. The zero-order valence-corrected chi connectivity index (χ0v) is 22.7. The number of ketones is 1. The Morgan fingerprint density at radius 1 is 1.22 bits per heavy atom. The summed E-state index contributed by atoms with van der Waals surface area (Å²) in [7, 11) is 0. The summed E-state index contributed by atoms with van der Waals surface area (Å²) >= 11 is 10.5. The van der Waals surface area contributed by atoms with Crippen molar-refractivity contribution in [2.24, 2.45) is 5.92 Å². The number of unbranched alkanes of at least 4 members (excludes halogenated alkanes) is 2. The molecular formula is C23H37NO4S4. The van der Waals surface area contributed by atoms with Crippen LogP contribution in [0.5, 0.6) is 0 Å². The molecule has 0 aliphatic carbocycles. The van der Waals surface area contributed by atoms with Crippen LogP contribution in [0.2, 0.25) is 0 Å². The Kier molecular flexibility index (Phi) is 12.4. The molecule has 0 aromatic carbocycles.